The standard InChI is InChI=1S/C17H18O2S2/c18-14-6-1-4-12(11-14)10-13-5-2-7-15(16(13)19)17-20-8-3-9-21-17/h1,4,6,10-11,18H,2-3,5,7-9H2/b13-10+. The van der Waals surface area contributed by atoms with E-state index in [0.29, 0.717) is 0 Å². The Morgan fingerprint density at radius 3 is 2.67 bits per heavy atom. The molecule has 1 N–H and O–H groups in total. The maximum Gasteiger partial charge on any atom is 0.186 e. The Kier molecular flexibility index (Phi) is 4.76. The summed E-state index contributed by atoms with van der Waals surface area (Å²) in [4.78, 5) is 12.7. The fourth-order valence-electron chi connectivity index (χ4n) is 2.63. The lowest BCUT2D eigenvalue weighted by Crippen LogP contribution is -2.14. The number of carbonyl (C=O) groups is 1. The van der Waals surface area contributed by atoms with Crippen LogP contribution in [-0.2, 0) is 4.79 Å². The second-order valence-corrected chi connectivity index (χ2v) is 7.73. The van der Waals surface area contributed by atoms with Crippen LogP contribution < -0.4 is 0 Å². The molecule has 0 spiro atoms. The Bertz CT molecular complexity index is 609. The molecule has 2 aliphatic rings. The number of Topliss-reactive ketones (excluding diaryl/α,β-unsaturated/α-hetero) is 1. The van der Waals surface area contributed by atoms with E-state index in [9.17, 15) is 9.90 Å². The third kappa shape index (κ3) is 3.55. The number of aromatic hydroxyl groups is 1. The van der Waals surface area contributed by atoms with Gasteiger partial charge in [-0.25, -0.2) is 0 Å². The third-order valence-corrected chi connectivity index (χ3v) is 6.36. The zero-order chi connectivity index (χ0) is 14.7. The lowest BCUT2D eigenvalue weighted by atomic mass is 9.88. The fraction of sp³-hybridized carbons (Fsp3) is 0.353. The van der Waals surface area contributed by atoms with Crippen LogP contribution >= 0.6 is 23.5 Å². The predicted molar refractivity (Wildman–Crippen MR) is 91.5 cm³/mol. The molecule has 21 heavy (non-hydrogen) atoms. The van der Waals surface area contributed by atoms with E-state index in [4.69, 9.17) is 0 Å². The van der Waals surface area contributed by atoms with E-state index in [1.807, 2.05) is 35.7 Å². The van der Waals surface area contributed by atoms with Gasteiger partial charge in [-0.3, -0.25) is 4.79 Å². The second kappa shape index (κ2) is 6.75. The summed E-state index contributed by atoms with van der Waals surface area (Å²) in [6.07, 6.45) is 5.94. The molecule has 110 valence electrons. The Morgan fingerprint density at radius 1 is 1.10 bits per heavy atom. The molecule has 4 heteroatoms. The van der Waals surface area contributed by atoms with Crippen molar-refractivity contribution in [1.82, 2.24) is 0 Å². The number of hydrogen-bond acceptors (Lipinski definition) is 4. The van der Waals surface area contributed by atoms with Crippen molar-refractivity contribution in [3.05, 3.63) is 45.2 Å². The predicted octanol–water partition coefficient (Wildman–Crippen LogP) is 4.61. The van der Waals surface area contributed by atoms with Crippen molar-refractivity contribution in [2.45, 2.75) is 25.7 Å². The average Bonchev–Trinajstić information content (AvgIpc) is 2.50. The van der Waals surface area contributed by atoms with Crippen LogP contribution in [0.2, 0.25) is 0 Å². The van der Waals surface area contributed by atoms with E-state index in [1.54, 1.807) is 18.2 Å². The van der Waals surface area contributed by atoms with Crippen LogP contribution in [0.3, 0.4) is 0 Å². The molecule has 1 aromatic carbocycles. The minimum absolute atomic E-state index is 0.210. The van der Waals surface area contributed by atoms with Crippen LogP contribution in [0.25, 0.3) is 6.08 Å². The Balaban J connectivity index is 1.88. The van der Waals surface area contributed by atoms with Crippen molar-refractivity contribution in [2.24, 2.45) is 0 Å². The van der Waals surface area contributed by atoms with Gasteiger partial charge in [-0.2, -0.15) is 0 Å². The second-order valence-electron chi connectivity index (χ2n) is 5.26. The van der Waals surface area contributed by atoms with Crippen molar-refractivity contribution in [3.8, 4) is 5.75 Å². The molecule has 0 amide bonds. The average molecular weight is 318 g/mol. The van der Waals surface area contributed by atoms with Gasteiger partial charge < -0.3 is 5.11 Å². The van der Waals surface area contributed by atoms with Gasteiger partial charge >= 0.3 is 0 Å². The summed E-state index contributed by atoms with van der Waals surface area (Å²) in [5, 5.41) is 9.53. The molecule has 1 heterocycles. The van der Waals surface area contributed by atoms with E-state index < -0.39 is 0 Å². The molecule has 3 rings (SSSR count). The first-order chi connectivity index (χ1) is 10.2. The lowest BCUT2D eigenvalue weighted by Gasteiger charge is -2.22. The highest BCUT2D eigenvalue weighted by molar-refractivity contribution is 8.22. The van der Waals surface area contributed by atoms with E-state index >= 15 is 0 Å². The van der Waals surface area contributed by atoms with Gasteiger partial charge in [0, 0.05) is 15.4 Å². The number of hydrogen-bond donors (Lipinski definition) is 1. The molecule has 1 aromatic rings. The molecule has 1 aliphatic heterocycles. The maximum atomic E-state index is 12.7. The van der Waals surface area contributed by atoms with Gasteiger partial charge in [-0.05, 0) is 61.0 Å². The van der Waals surface area contributed by atoms with Crippen LogP contribution in [0, 0.1) is 0 Å². The number of phenolic OH excluding ortho intramolecular Hbond substituents is 1. The number of carbonyl (C=O) groups excluding carboxylic acids is 1. The highest BCUT2D eigenvalue weighted by Gasteiger charge is 2.25. The first kappa shape index (κ1) is 14.8. The molecule has 0 radical (unpaired) electrons. The molecule has 0 unspecified atom stereocenters. The highest BCUT2D eigenvalue weighted by Crippen LogP contribution is 2.41. The summed E-state index contributed by atoms with van der Waals surface area (Å²) >= 11 is 3.68. The van der Waals surface area contributed by atoms with E-state index in [1.165, 1.54) is 10.7 Å². The lowest BCUT2D eigenvalue weighted by molar-refractivity contribution is -0.112. The van der Waals surface area contributed by atoms with E-state index in [0.717, 1.165) is 47.5 Å². The third-order valence-electron chi connectivity index (χ3n) is 3.65. The smallest absolute Gasteiger partial charge is 0.186 e. The van der Waals surface area contributed by atoms with Crippen molar-refractivity contribution in [2.75, 3.05) is 11.5 Å². The summed E-state index contributed by atoms with van der Waals surface area (Å²) in [6.45, 7) is 0. The molecular weight excluding hydrogens is 300 g/mol. The summed E-state index contributed by atoms with van der Waals surface area (Å²) < 4.78 is 1.24. The molecule has 1 saturated heterocycles. The SMILES string of the molecule is O=C1C(=C2SCCCS2)CCC/C1=C\c1cccc(O)c1. The first-order valence-corrected chi connectivity index (χ1v) is 9.24. The number of thioether (sulfide) groups is 2. The van der Waals surface area contributed by atoms with Crippen LogP contribution in [0.1, 0.15) is 31.2 Å². The minimum atomic E-state index is 0.210. The summed E-state index contributed by atoms with van der Waals surface area (Å²) in [7, 11) is 0. The van der Waals surface area contributed by atoms with Crippen LogP contribution in [-0.4, -0.2) is 22.4 Å². The molecule has 0 atom stereocenters. The Hall–Kier alpha value is -1.13. The molecule has 0 bridgehead atoms. The van der Waals surface area contributed by atoms with Gasteiger partial charge in [-0.1, -0.05) is 12.1 Å². The Labute approximate surface area is 133 Å². The van der Waals surface area contributed by atoms with Crippen molar-refractivity contribution < 1.29 is 9.90 Å². The molecule has 0 aromatic heterocycles. The normalized spacial score (nSPS) is 21.9. The van der Waals surface area contributed by atoms with Gasteiger partial charge in [0.15, 0.2) is 5.78 Å². The summed E-state index contributed by atoms with van der Waals surface area (Å²) in [5.41, 5.74) is 2.79. The zero-order valence-corrected chi connectivity index (χ0v) is 13.4. The molecule has 1 aliphatic carbocycles. The number of phenols is 1. The summed E-state index contributed by atoms with van der Waals surface area (Å²) in [6, 6.07) is 7.08. The zero-order valence-electron chi connectivity index (χ0n) is 11.8. The van der Waals surface area contributed by atoms with Gasteiger partial charge in [0.1, 0.15) is 5.75 Å². The first-order valence-electron chi connectivity index (χ1n) is 7.27. The van der Waals surface area contributed by atoms with E-state index in [-0.39, 0.29) is 11.5 Å². The fourth-order valence-corrected chi connectivity index (χ4v) is 5.33. The van der Waals surface area contributed by atoms with Crippen LogP contribution in [0.15, 0.2) is 39.6 Å². The van der Waals surface area contributed by atoms with Gasteiger partial charge in [0.05, 0.1) is 0 Å². The van der Waals surface area contributed by atoms with Crippen molar-refractivity contribution in [3.63, 3.8) is 0 Å². The number of benzene rings is 1. The number of allylic oxidation sites excluding steroid dienone is 2. The van der Waals surface area contributed by atoms with Gasteiger partial charge in [0.2, 0.25) is 0 Å². The molecule has 2 fully saturated rings. The van der Waals surface area contributed by atoms with Gasteiger partial charge in [0.25, 0.3) is 0 Å². The Morgan fingerprint density at radius 2 is 1.90 bits per heavy atom. The highest BCUT2D eigenvalue weighted by atomic mass is 32.2. The largest absolute Gasteiger partial charge is 0.508 e. The van der Waals surface area contributed by atoms with Crippen LogP contribution in [0.4, 0.5) is 0 Å². The molecule has 2 nitrogen and oxygen atoms in total. The quantitative estimate of drug-likeness (QED) is 0.767. The van der Waals surface area contributed by atoms with Crippen LogP contribution in [0.5, 0.6) is 5.75 Å². The van der Waals surface area contributed by atoms with Crippen molar-refractivity contribution >= 4 is 35.4 Å². The van der Waals surface area contributed by atoms with E-state index in [2.05, 4.69) is 0 Å². The maximum absolute atomic E-state index is 12.7. The molecular formula is C17H18O2S2. The number of rotatable bonds is 1. The summed E-state index contributed by atoms with van der Waals surface area (Å²) in [5.74, 6) is 2.71. The monoisotopic (exact) mass is 318 g/mol. The molecule has 1 saturated carbocycles. The number of ketones is 1. The van der Waals surface area contributed by atoms with Gasteiger partial charge in [-0.15, -0.1) is 23.5 Å². The minimum Gasteiger partial charge on any atom is -0.508 e. The van der Waals surface area contributed by atoms with Crippen molar-refractivity contribution in [1.29, 1.82) is 0 Å². The topological polar surface area (TPSA) is 37.3 Å².